The SMILES string of the molecule is CCCCCCCCCCCCCCCCC/C=C/CC/C=C/CC/C=C/C(O)C(CO)NC(=O)CC(O)CCCCCCCCCCCCCCCCCCCC. The standard InChI is InChI=1S/C53H101NO4/c1-3-5-7-9-11-13-15-17-19-21-23-24-25-26-27-28-29-31-33-35-37-39-41-43-45-47-52(57)51(49-55)54-53(58)48-50(56)46-44-42-40-38-36-34-32-30-22-20-18-16-14-12-10-8-6-4-2/h29,31,37,39,45,47,50-52,55-57H,3-28,30,32-36,38,40-44,46,48-49H2,1-2H3,(H,54,58)/b31-29+,39-37+,47-45+. The summed E-state index contributed by atoms with van der Waals surface area (Å²) in [4.78, 5) is 12.5. The van der Waals surface area contributed by atoms with Crippen LogP contribution in [0.15, 0.2) is 36.5 Å². The van der Waals surface area contributed by atoms with Crippen LogP contribution in [0.1, 0.15) is 271 Å². The van der Waals surface area contributed by atoms with Gasteiger partial charge >= 0.3 is 0 Å². The fourth-order valence-electron chi connectivity index (χ4n) is 7.96. The molecule has 58 heavy (non-hydrogen) atoms. The number of hydrogen-bond acceptors (Lipinski definition) is 4. The predicted octanol–water partition coefficient (Wildman–Crippen LogP) is 15.5. The minimum Gasteiger partial charge on any atom is -0.394 e. The van der Waals surface area contributed by atoms with E-state index in [1.54, 1.807) is 6.08 Å². The van der Waals surface area contributed by atoms with Crippen molar-refractivity contribution < 1.29 is 20.1 Å². The number of rotatable bonds is 47. The summed E-state index contributed by atoms with van der Waals surface area (Å²) in [7, 11) is 0. The maximum atomic E-state index is 12.5. The highest BCUT2D eigenvalue weighted by atomic mass is 16.3. The zero-order chi connectivity index (χ0) is 42.3. The van der Waals surface area contributed by atoms with Crippen LogP contribution >= 0.6 is 0 Å². The number of unbranched alkanes of at least 4 members (excludes halogenated alkanes) is 34. The topological polar surface area (TPSA) is 89.8 Å². The highest BCUT2D eigenvalue weighted by molar-refractivity contribution is 5.76. The van der Waals surface area contributed by atoms with Crippen LogP contribution in [0.4, 0.5) is 0 Å². The molecule has 3 atom stereocenters. The Kier molecular flexibility index (Phi) is 47.0. The number of nitrogens with one attached hydrogen (secondary N) is 1. The summed E-state index contributed by atoms with van der Waals surface area (Å²) in [5.41, 5.74) is 0. The highest BCUT2D eigenvalue weighted by Crippen LogP contribution is 2.17. The minimum atomic E-state index is -0.959. The highest BCUT2D eigenvalue weighted by Gasteiger charge is 2.20. The van der Waals surface area contributed by atoms with E-state index in [2.05, 4.69) is 43.5 Å². The zero-order valence-electron chi connectivity index (χ0n) is 38.9. The van der Waals surface area contributed by atoms with E-state index in [1.807, 2.05) is 6.08 Å². The van der Waals surface area contributed by atoms with Gasteiger partial charge in [-0.2, -0.15) is 0 Å². The van der Waals surface area contributed by atoms with Crippen LogP contribution in [0.25, 0.3) is 0 Å². The van der Waals surface area contributed by atoms with Gasteiger partial charge in [0.2, 0.25) is 5.91 Å². The Bertz CT molecular complexity index is 901. The number of hydrogen-bond donors (Lipinski definition) is 4. The lowest BCUT2D eigenvalue weighted by Gasteiger charge is -2.21. The van der Waals surface area contributed by atoms with Crippen LogP contribution in [-0.4, -0.2) is 46.1 Å². The number of aliphatic hydroxyl groups excluding tert-OH is 3. The first kappa shape index (κ1) is 56.6. The molecular formula is C53H101NO4. The summed E-state index contributed by atoms with van der Waals surface area (Å²) < 4.78 is 0. The number of carbonyl (C=O) groups is 1. The van der Waals surface area contributed by atoms with Crippen molar-refractivity contribution in [3.05, 3.63) is 36.5 Å². The third-order valence-corrected chi connectivity index (χ3v) is 11.9. The van der Waals surface area contributed by atoms with E-state index in [1.165, 1.54) is 205 Å². The van der Waals surface area contributed by atoms with Crippen molar-refractivity contribution >= 4 is 5.91 Å². The number of amides is 1. The smallest absolute Gasteiger partial charge is 0.222 e. The molecule has 342 valence electrons. The van der Waals surface area contributed by atoms with Gasteiger partial charge in [-0.15, -0.1) is 0 Å². The number of aliphatic hydroxyl groups is 3. The van der Waals surface area contributed by atoms with Gasteiger partial charge in [-0.1, -0.05) is 256 Å². The second-order valence-electron chi connectivity index (χ2n) is 17.8. The van der Waals surface area contributed by atoms with Crippen molar-refractivity contribution in [1.29, 1.82) is 0 Å². The average Bonchev–Trinajstić information content (AvgIpc) is 3.22. The normalized spacial score (nSPS) is 13.7. The summed E-state index contributed by atoms with van der Waals surface area (Å²) >= 11 is 0. The zero-order valence-corrected chi connectivity index (χ0v) is 38.9. The average molecular weight is 816 g/mol. The first-order chi connectivity index (χ1) is 28.5. The number of allylic oxidation sites excluding steroid dienone is 5. The van der Waals surface area contributed by atoms with Crippen molar-refractivity contribution in [3.8, 4) is 0 Å². The Labute approximate surface area is 362 Å². The van der Waals surface area contributed by atoms with Gasteiger partial charge in [0.25, 0.3) is 0 Å². The van der Waals surface area contributed by atoms with Gasteiger partial charge in [0.05, 0.1) is 31.3 Å². The largest absolute Gasteiger partial charge is 0.394 e. The van der Waals surface area contributed by atoms with Gasteiger partial charge in [0.15, 0.2) is 0 Å². The molecular weight excluding hydrogens is 715 g/mol. The first-order valence-electron chi connectivity index (χ1n) is 25.8. The molecule has 0 aromatic heterocycles. The minimum absolute atomic E-state index is 0.00534. The quantitative estimate of drug-likeness (QED) is 0.0364. The van der Waals surface area contributed by atoms with Gasteiger partial charge in [0.1, 0.15) is 0 Å². The van der Waals surface area contributed by atoms with Crippen molar-refractivity contribution in [3.63, 3.8) is 0 Å². The van der Waals surface area contributed by atoms with E-state index >= 15 is 0 Å². The molecule has 0 saturated heterocycles. The molecule has 0 heterocycles. The van der Waals surface area contributed by atoms with E-state index < -0.39 is 18.2 Å². The lowest BCUT2D eigenvalue weighted by Crippen LogP contribution is -2.45. The third kappa shape index (κ3) is 44.1. The van der Waals surface area contributed by atoms with Crippen LogP contribution in [0.2, 0.25) is 0 Å². The van der Waals surface area contributed by atoms with E-state index in [-0.39, 0.29) is 18.9 Å². The van der Waals surface area contributed by atoms with Gasteiger partial charge in [-0.25, -0.2) is 0 Å². The number of carbonyl (C=O) groups excluding carboxylic acids is 1. The summed E-state index contributed by atoms with van der Waals surface area (Å²) in [6.45, 7) is 4.22. The monoisotopic (exact) mass is 816 g/mol. The molecule has 0 saturated carbocycles. The fourth-order valence-corrected chi connectivity index (χ4v) is 7.96. The van der Waals surface area contributed by atoms with Crippen molar-refractivity contribution in [1.82, 2.24) is 5.32 Å². The maximum Gasteiger partial charge on any atom is 0.222 e. The third-order valence-electron chi connectivity index (χ3n) is 11.9. The van der Waals surface area contributed by atoms with Gasteiger partial charge < -0.3 is 20.6 Å². The first-order valence-corrected chi connectivity index (χ1v) is 25.8. The van der Waals surface area contributed by atoms with Crippen LogP contribution < -0.4 is 5.32 Å². The Morgan fingerprint density at radius 1 is 0.431 bits per heavy atom. The Morgan fingerprint density at radius 3 is 1.10 bits per heavy atom. The molecule has 0 aliphatic rings. The summed E-state index contributed by atoms with van der Waals surface area (Å²) in [5.74, 6) is -0.326. The Balaban J connectivity index is 3.66. The molecule has 0 bridgehead atoms. The molecule has 5 heteroatoms. The predicted molar refractivity (Wildman–Crippen MR) is 254 cm³/mol. The van der Waals surface area contributed by atoms with E-state index in [9.17, 15) is 20.1 Å². The molecule has 3 unspecified atom stereocenters. The molecule has 0 spiro atoms. The molecule has 0 rings (SSSR count). The second-order valence-corrected chi connectivity index (χ2v) is 17.8. The lowest BCUT2D eigenvalue weighted by molar-refractivity contribution is -0.124. The van der Waals surface area contributed by atoms with Crippen molar-refractivity contribution in [2.75, 3.05) is 6.61 Å². The van der Waals surface area contributed by atoms with E-state index in [0.717, 1.165) is 38.5 Å². The van der Waals surface area contributed by atoms with E-state index in [0.29, 0.717) is 6.42 Å². The molecule has 4 N–H and O–H groups in total. The van der Waals surface area contributed by atoms with Gasteiger partial charge in [-0.05, 0) is 44.9 Å². The molecule has 0 aliphatic carbocycles. The van der Waals surface area contributed by atoms with Crippen molar-refractivity contribution in [2.45, 2.75) is 289 Å². The molecule has 0 aromatic rings. The van der Waals surface area contributed by atoms with Crippen molar-refractivity contribution in [2.24, 2.45) is 0 Å². The maximum absolute atomic E-state index is 12.5. The Morgan fingerprint density at radius 2 is 0.741 bits per heavy atom. The summed E-state index contributed by atoms with van der Waals surface area (Å²) in [6.07, 6.45) is 61.7. The van der Waals surface area contributed by atoms with E-state index in [4.69, 9.17) is 0 Å². The fraction of sp³-hybridized carbons (Fsp3) is 0.868. The molecule has 0 radical (unpaired) electrons. The second kappa shape index (κ2) is 48.2. The van der Waals surface area contributed by atoms with Gasteiger partial charge in [0, 0.05) is 0 Å². The van der Waals surface area contributed by atoms with Crippen LogP contribution in [0.3, 0.4) is 0 Å². The molecule has 1 amide bonds. The molecule has 0 fully saturated rings. The molecule has 0 aromatic carbocycles. The van der Waals surface area contributed by atoms with Crippen LogP contribution in [-0.2, 0) is 4.79 Å². The van der Waals surface area contributed by atoms with Crippen LogP contribution in [0, 0.1) is 0 Å². The van der Waals surface area contributed by atoms with Crippen LogP contribution in [0.5, 0.6) is 0 Å². The lowest BCUT2D eigenvalue weighted by atomic mass is 10.0. The van der Waals surface area contributed by atoms with Gasteiger partial charge in [-0.3, -0.25) is 4.79 Å². The molecule has 0 aliphatic heterocycles. The summed E-state index contributed by atoms with van der Waals surface area (Å²) in [6, 6.07) is -0.766. The Hall–Kier alpha value is -1.43. The summed E-state index contributed by atoms with van der Waals surface area (Å²) in [5, 5.41) is 33.3. The molecule has 5 nitrogen and oxygen atoms in total.